The fraction of sp³-hybridized carbons (Fsp3) is 0.733. The molecule has 1 fully saturated rings. The minimum atomic E-state index is -0.428. The summed E-state index contributed by atoms with van der Waals surface area (Å²) in [5.41, 5.74) is 0.803. The first-order valence-electron chi connectivity index (χ1n) is 7.27. The maximum Gasteiger partial charge on any atom is 0.329 e. The number of rotatable bonds is 6. The van der Waals surface area contributed by atoms with Crippen LogP contribution < -0.4 is 5.32 Å². The molecular weight excluding hydrogens is 272 g/mol. The second kappa shape index (κ2) is 6.22. The molecule has 0 bridgehead atoms. The number of thiazole rings is 1. The van der Waals surface area contributed by atoms with E-state index in [0.717, 1.165) is 17.2 Å². The van der Waals surface area contributed by atoms with Crippen molar-refractivity contribution in [3.63, 3.8) is 0 Å². The Morgan fingerprint density at radius 3 is 2.75 bits per heavy atom. The highest BCUT2D eigenvalue weighted by Gasteiger charge is 2.29. The van der Waals surface area contributed by atoms with Gasteiger partial charge in [-0.05, 0) is 32.2 Å². The lowest BCUT2D eigenvalue weighted by Gasteiger charge is -2.16. The Hall–Kier alpha value is -0.940. The predicted octanol–water partition coefficient (Wildman–Crippen LogP) is 3.04. The number of esters is 1. The van der Waals surface area contributed by atoms with Gasteiger partial charge in [-0.3, -0.25) is 5.32 Å². The minimum absolute atomic E-state index is 0.0125. The number of hydrogen-bond donors (Lipinski definition) is 1. The summed E-state index contributed by atoms with van der Waals surface area (Å²) in [5.74, 6) is 0.492. The van der Waals surface area contributed by atoms with Gasteiger partial charge in [0.2, 0.25) is 0 Å². The van der Waals surface area contributed by atoms with Crippen LogP contribution in [-0.2, 0) is 14.9 Å². The SMILES string of the molecule is CCOC(=O)C(NCC1CC1)c1csc(C(C)(C)C)n1. The van der Waals surface area contributed by atoms with E-state index < -0.39 is 6.04 Å². The average Bonchev–Trinajstić information content (AvgIpc) is 3.03. The molecule has 20 heavy (non-hydrogen) atoms. The van der Waals surface area contributed by atoms with E-state index in [1.54, 1.807) is 11.3 Å². The predicted molar refractivity (Wildman–Crippen MR) is 80.9 cm³/mol. The van der Waals surface area contributed by atoms with Gasteiger partial charge < -0.3 is 4.74 Å². The molecular formula is C15H24N2O2S. The van der Waals surface area contributed by atoms with Crippen molar-refractivity contribution in [2.45, 2.75) is 52.0 Å². The number of aromatic nitrogens is 1. The van der Waals surface area contributed by atoms with Gasteiger partial charge in [0.1, 0.15) is 6.04 Å². The van der Waals surface area contributed by atoms with Gasteiger partial charge in [-0.2, -0.15) is 0 Å². The Balaban J connectivity index is 2.11. The standard InChI is InChI=1S/C15H24N2O2S/c1-5-19-13(18)12(16-8-10-6-7-10)11-9-20-14(17-11)15(2,3)4/h9-10,12,16H,5-8H2,1-4H3. The van der Waals surface area contributed by atoms with Crippen LogP contribution in [0.5, 0.6) is 0 Å². The van der Waals surface area contributed by atoms with E-state index in [9.17, 15) is 4.79 Å². The Kier molecular flexibility index (Phi) is 4.81. The molecule has 1 heterocycles. The first-order chi connectivity index (χ1) is 9.41. The van der Waals surface area contributed by atoms with E-state index in [-0.39, 0.29) is 11.4 Å². The molecule has 1 aromatic heterocycles. The number of nitrogens with one attached hydrogen (secondary N) is 1. The van der Waals surface area contributed by atoms with Crippen LogP contribution in [0.3, 0.4) is 0 Å². The van der Waals surface area contributed by atoms with Crippen LogP contribution in [0, 0.1) is 5.92 Å². The Morgan fingerprint density at radius 2 is 2.25 bits per heavy atom. The van der Waals surface area contributed by atoms with E-state index in [0.29, 0.717) is 12.5 Å². The second-order valence-electron chi connectivity index (χ2n) is 6.36. The first kappa shape index (κ1) is 15.4. The molecule has 112 valence electrons. The van der Waals surface area contributed by atoms with Crippen molar-refractivity contribution < 1.29 is 9.53 Å². The van der Waals surface area contributed by atoms with Crippen molar-refractivity contribution in [3.8, 4) is 0 Å². The maximum absolute atomic E-state index is 12.1. The third-order valence-electron chi connectivity index (χ3n) is 3.29. The fourth-order valence-electron chi connectivity index (χ4n) is 1.90. The maximum atomic E-state index is 12.1. The van der Waals surface area contributed by atoms with Crippen LogP contribution >= 0.6 is 11.3 Å². The van der Waals surface area contributed by atoms with Crippen LogP contribution in [0.25, 0.3) is 0 Å². The molecule has 0 spiro atoms. The number of hydrogen-bond acceptors (Lipinski definition) is 5. The van der Waals surface area contributed by atoms with E-state index in [2.05, 4.69) is 31.1 Å². The molecule has 0 amide bonds. The quantitative estimate of drug-likeness (QED) is 0.820. The van der Waals surface area contributed by atoms with Gasteiger partial charge in [0, 0.05) is 10.8 Å². The average molecular weight is 296 g/mol. The molecule has 2 rings (SSSR count). The molecule has 0 saturated heterocycles. The van der Waals surface area contributed by atoms with Crippen LogP contribution in [-0.4, -0.2) is 24.1 Å². The Bertz CT molecular complexity index is 461. The summed E-state index contributed by atoms with van der Waals surface area (Å²) in [6.07, 6.45) is 2.51. The molecule has 1 aromatic rings. The molecule has 0 aromatic carbocycles. The van der Waals surface area contributed by atoms with Crippen LogP contribution in [0.2, 0.25) is 0 Å². The minimum Gasteiger partial charge on any atom is -0.465 e. The highest BCUT2D eigenvalue weighted by molar-refractivity contribution is 7.09. The molecule has 1 aliphatic carbocycles. The summed E-state index contributed by atoms with van der Waals surface area (Å²) in [4.78, 5) is 16.8. The molecule has 1 N–H and O–H groups in total. The fourth-order valence-corrected chi connectivity index (χ4v) is 2.84. The monoisotopic (exact) mass is 296 g/mol. The van der Waals surface area contributed by atoms with Gasteiger partial charge >= 0.3 is 5.97 Å². The van der Waals surface area contributed by atoms with Crippen molar-refractivity contribution in [2.75, 3.05) is 13.2 Å². The highest BCUT2D eigenvalue weighted by Crippen LogP contribution is 2.30. The van der Waals surface area contributed by atoms with Crippen molar-refractivity contribution in [1.29, 1.82) is 0 Å². The number of nitrogens with zero attached hydrogens (tertiary/aromatic N) is 1. The number of carbonyl (C=O) groups is 1. The van der Waals surface area contributed by atoms with Gasteiger partial charge in [-0.15, -0.1) is 11.3 Å². The first-order valence-corrected chi connectivity index (χ1v) is 8.15. The zero-order valence-corrected chi connectivity index (χ0v) is 13.5. The van der Waals surface area contributed by atoms with Crippen LogP contribution in [0.15, 0.2) is 5.38 Å². The lowest BCUT2D eigenvalue weighted by atomic mass is 9.98. The molecule has 0 aliphatic heterocycles. The van der Waals surface area contributed by atoms with Gasteiger partial charge in [-0.1, -0.05) is 20.8 Å². The van der Waals surface area contributed by atoms with Crippen molar-refractivity contribution in [1.82, 2.24) is 10.3 Å². The molecule has 1 atom stereocenters. The lowest BCUT2D eigenvalue weighted by Crippen LogP contribution is -2.32. The molecule has 1 saturated carbocycles. The van der Waals surface area contributed by atoms with Crippen molar-refractivity contribution >= 4 is 17.3 Å². The number of carbonyl (C=O) groups excluding carboxylic acids is 1. The van der Waals surface area contributed by atoms with E-state index in [1.165, 1.54) is 12.8 Å². The lowest BCUT2D eigenvalue weighted by molar-refractivity contribution is -0.146. The van der Waals surface area contributed by atoms with Crippen LogP contribution in [0.1, 0.15) is 57.3 Å². The normalized spacial score (nSPS) is 17.0. The van der Waals surface area contributed by atoms with Gasteiger partial charge in [0.05, 0.1) is 17.3 Å². The summed E-state index contributed by atoms with van der Waals surface area (Å²) < 4.78 is 5.17. The van der Waals surface area contributed by atoms with Gasteiger partial charge in [-0.25, -0.2) is 9.78 Å². The Labute approximate surface area is 124 Å². The van der Waals surface area contributed by atoms with Crippen molar-refractivity contribution in [2.24, 2.45) is 5.92 Å². The molecule has 1 unspecified atom stereocenters. The third-order valence-corrected chi connectivity index (χ3v) is 4.58. The molecule has 0 radical (unpaired) electrons. The van der Waals surface area contributed by atoms with E-state index >= 15 is 0 Å². The summed E-state index contributed by atoms with van der Waals surface area (Å²) in [5, 5.41) is 6.34. The highest BCUT2D eigenvalue weighted by atomic mass is 32.1. The number of ether oxygens (including phenoxy) is 1. The van der Waals surface area contributed by atoms with Gasteiger partial charge in [0.15, 0.2) is 0 Å². The second-order valence-corrected chi connectivity index (χ2v) is 7.22. The summed E-state index contributed by atoms with van der Waals surface area (Å²) in [6.45, 7) is 9.49. The molecule has 4 nitrogen and oxygen atoms in total. The van der Waals surface area contributed by atoms with Crippen LogP contribution in [0.4, 0.5) is 0 Å². The van der Waals surface area contributed by atoms with Crippen molar-refractivity contribution in [3.05, 3.63) is 16.1 Å². The Morgan fingerprint density at radius 1 is 1.55 bits per heavy atom. The third kappa shape index (κ3) is 4.03. The smallest absolute Gasteiger partial charge is 0.329 e. The summed E-state index contributed by atoms with van der Waals surface area (Å²) >= 11 is 1.61. The largest absolute Gasteiger partial charge is 0.465 e. The zero-order chi connectivity index (χ0) is 14.8. The zero-order valence-electron chi connectivity index (χ0n) is 12.7. The summed E-state index contributed by atoms with van der Waals surface area (Å²) in [7, 11) is 0. The summed E-state index contributed by atoms with van der Waals surface area (Å²) in [6, 6.07) is -0.428. The topological polar surface area (TPSA) is 51.2 Å². The van der Waals surface area contributed by atoms with E-state index in [1.807, 2.05) is 12.3 Å². The van der Waals surface area contributed by atoms with Gasteiger partial charge in [0.25, 0.3) is 0 Å². The van der Waals surface area contributed by atoms with E-state index in [4.69, 9.17) is 4.74 Å². The molecule has 5 heteroatoms. The molecule has 1 aliphatic rings.